The number of hydrogen-bond donors (Lipinski definition) is 0. The fourth-order valence-electron chi connectivity index (χ4n) is 3.90. The lowest BCUT2D eigenvalue weighted by atomic mass is 10.1. The van der Waals surface area contributed by atoms with Crippen molar-refractivity contribution < 1.29 is 4.79 Å². The molecule has 33 heavy (non-hydrogen) atoms. The highest BCUT2D eigenvalue weighted by atomic mass is 16.1. The zero-order chi connectivity index (χ0) is 22.8. The summed E-state index contributed by atoms with van der Waals surface area (Å²) >= 11 is 0. The van der Waals surface area contributed by atoms with Crippen molar-refractivity contribution in [2.24, 2.45) is 14.1 Å². The number of nitrogens with zero attached hydrogens (tertiary/aromatic N) is 5. The van der Waals surface area contributed by atoms with Gasteiger partial charge in [-0.2, -0.15) is 10.2 Å². The number of carbonyl (C=O) groups excluding carboxylic acids is 1. The second kappa shape index (κ2) is 8.59. The quantitative estimate of drug-likeness (QED) is 0.319. The van der Waals surface area contributed by atoms with E-state index in [2.05, 4.69) is 63.6 Å². The molecule has 0 spiro atoms. The van der Waals surface area contributed by atoms with Crippen molar-refractivity contribution in [3.63, 3.8) is 0 Å². The summed E-state index contributed by atoms with van der Waals surface area (Å²) in [7, 11) is 3.83. The Labute approximate surface area is 192 Å². The molecule has 0 bridgehead atoms. The van der Waals surface area contributed by atoms with Gasteiger partial charge in [0.1, 0.15) is 6.29 Å². The van der Waals surface area contributed by atoms with Crippen molar-refractivity contribution in [2.45, 2.75) is 0 Å². The first-order valence-electron chi connectivity index (χ1n) is 10.6. The van der Waals surface area contributed by atoms with Crippen LogP contribution in [0, 0.1) is 0 Å². The monoisotopic (exact) mass is 433 g/mol. The van der Waals surface area contributed by atoms with Crippen molar-refractivity contribution in [1.29, 1.82) is 0 Å². The number of aryl methyl sites for hydroxylation is 2. The van der Waals surface area contributed by atoms with E-state index in [0.29, 0.717) is 5.56 Å². The van der Waals surface area contributed by atoms with Crippen LogP contribution in [0.5, 0.6) is 0 Å². The molecular weight excluding hydrogens is 410 g/mol. The van der Waals surface area contributed by atoms with Gasteiger partial charge in [0.15, 0.2) is 0 Å². The maximum atomic E-state index is 11.1. The standard InChI is InChI=1S/C27H23N5O/c1-30-17-23(15-28-30)21-5-11-26(12-6-21)32(25-9-3-20(19-33)4-10-25)27-13-7-22(8-14-27)24-16-29-31(2)18-24/h3-19H,1-2H3. The second-order valence-electron chi connectivity index (χ2n) is 7.94. The number of aromatic nitrogens is 4. The maximum absolute atomic E-state index is 11.1. The largest absolute Gasteiger partial charge is 0.311 e. The molecule has 0 saturated carbocycles. The Morgan fingerprint density at radius 3 is 1.33 bits per heavy atom. The number of anilines is 3. The van der Waals surface area contributed by atoms with Crippen molar-refractivity contribution in [1.82, 2.24) is 19.6 Å². The summed E-state index contributed by atoms with van der Waals surface area (Å²) < 4.78 is 3.60. The van der Waals surface area contributed by atoms with Crippen LogP contribution in [-0.2, 0) is 14.1 Å². The minimum Gasteiger partial charge on any atom is -0.311 e. The fourth-order valence-corrected chi connectivity index (χ4v) is 3.90. The van der Waals surface area contributed by atoms with E-state index >= 15 is 0 Å². The van der Waals surface area contributed by atoms with E-state index in [1.807, 2.05) is 63.1 Å². The average molecular weight is 434 g/mol. The normalized spacial score (nSPS) is 10.8. The minimum atomic E-state index is 0.651. The van der Waals surface area contributed by atoms with Gasteiger partial charge in [0, 0.05) is 60.2 Å². The first-order valence-corrected chi connectivity index (χ1v) is 10.6. The Kier molecular flexibility index (Phi) is 5.32. The van der Waals surface area contributed by atoms with Crippen LogP contribution in [0.3, 0.4) is 0 Å². The molecule has 2 aromatic heterocycles. The van der Waals surface area contributed by atoms with Crippen LogP contribution in [0.15, 0.2) is 97.6 Å². The summed E-state index contributed by atoms with van der Waals surface area (Å²) in [5.74, 6) is 0. The summed E-state index contributed by atoms with van der Waals surface area (Å²) in [6.07, 6.45) is 8.59. The molecule has 0 N–H and O–H groups in total. The summed E-state index contributed by atoms with van der Waals surface area (Å²) in [5.41, 5.74) is 8.04. The van der Waals surface area contributed by atoms with Gasteiger partial charge < -0.3 is 4.90 Å². The van der Waals surface area contributed by atoms with Crippen LogP contribution in [-0.4, -0.2) is 25.8 Å². The molecule has 0 atom stereocenters. The molecule has 0 fully saturated rings. The molecule has 0 aliphatic heterocycles. The third kappa shape index (κ3) is 4.19. The third-order valence-electron chi connectivity index (χ3n) is 5.61. The van der Waals surface area contributed by atoms with Crippen LogP contribution in [0.1, 0.15) is 10.4 Å². The van der Waals surface area contributed by atoms with E-state index in [9.17, 15) is 4.79 Å². The van der Waals surface area contributed by atoms with Gasteiger partial charge in [0.25, 0.3) is 0 Å². The second-order valence-corrected chi connectivity index (χ2v) is 7.94. The van der Waals surface area contributed by atoms with E-state index in [0.717, 1.165) is 45.6 Å². The Hall–Kier alpha value is -4.45. The molecule has 162 valence electrons. The SMILES string of the molecule is Cn1cc(-c2ccc(N(c3ccc(C=O)cc3)c3ccc(-c4cnn(C)c4)cc3)cc2)cn1. The Morgan fingerprint density at radius 2 is 1.00 bits per heavy atom. The molecule has 0 radical (unpaired) electrons. The Balaban J connectivity index is 1.53. The smallest absolute Gasteiger partial charge is 0.150 e. The number of hydrogen-bond acceptors (Lipinski definition) is 4. The van der Waals surface area contributed by atoms with Crippen molar-refractivity contribution >= 4 is 23.3 Å². The Morgan fingerprint density at radius 1 is 0.606 bits per heavy atom. The minimum absolute atomic E-state index is 0.651. The first kappa shape index (κ1) is 20.5. The van der Waals surface area contributed by atoms with Gasteiger partial charge >= 0.3 is 0 Å². The Bertz CT molecular complexity index is 1300. The van der Waals surface area contributed by atoms with Crippen molar-refractivity contribution in [3.05, 3.63) is 103 Å². The average Bonchev–Trinajstić information content (AvgIpc) is 3.49. The molecule has 5 aromatic rings. The predicted octanol–water partition coefficient (Wildman–Crippen LogP) is 5.77. The van der Waals surface area contributed by atoms with Crippen LogP contribution in [0.4, 0.5) is 17.1 Å². The number of aldehydes is 1. The summed E-state index contributed by atoms with van der Waals surface area (Å²) in [4.78, 5) is 13.3. The van der Waals surface area contributed by atoms with Gasteiger partial charge in [-0.05, 0) is 59.7 Å². The molecule has 6 nitrogen and oxygen atoms in total. The van der Waals surface area contributed by atoms with Gasteiger partial charge in [-0.15, -0.1) is 0 Å². The summed E-state index contributed by atoms with van der Waals surface area (Å²) in [5, 5.41) is 8.54. The van der Waals surface area contributed by atoms with Gasteiger partial charge in [-0.25, -0.2) is 0 Å². The van der Waals surface area contributed by atoms with Crippen LogP contribution in [0.25, 0.3) is 22.3 Å². The van der Waals surface area contributed by atoms with Crippen molar-refractivity contribution in [2.75, 3.05) is 4.90 Å². The topological polar surface area (TPSA) is 56.0 Å². The highest BCUT2D eigenvalue weighted by Gasteiger charge is 2.14. The van der Waals surface area contributed by atoms with Gasteiger partial charge in [-0.3, -0.25) is 14.2 Å². The van der Waals surface area contributed by atoms with Crippen LogP contribution < -0.4 is 4.90 Å². The molecule has 0 saturated heterocycles. The molecule has 0 unspecified atom stereocenters. The van der Waals surface area contributed by atoms with E-state index in [-0.39, 0.29) is 0 Å². The number of rotatable bonds is 6. The molecule has 0 amide bonds. The molecule has 0 aliphatic rings. The van der Waals surface area contributed by atoms with Crippen LogP contribution >= 0.6 is 0 Å². The summed E-state index contributed by atoms with van der Waals surface area (Å²) in [6, 6.07) is 24.4. The number of carbonyl (C=O) groups is 1. The molecule has 0 aliphatic carbocycles. The highest BCUT2D eigenvalue weighted by molar-refractivity contribution is 5.81. The predicted molar refractivity (Wildman–Crippen MR) is 131 cm³/mol. The van der Waals surface area contributed by atoms with Gasteiger partial charge in [-0.1, -0.05) is 24.3 Å². The van der Waals surface area contributed by atoms with E-state index < -0.39 is 0 Å². The lowest BCUT2D eigenvalue weighted by Gasteiger charge is -2.26. The third-order valence-corrected chi connectivity index (χ3v) is 5.61. The van der Waals surface area contributed by atoms with Crippen LogP contribution in [0.2, 0.25) is 0 Å². The van der Waals surface area contributed by atoms with E-state index in [1.54, 1.807) is 9.36 Å². The lowest BCUT2D eigenvalue weighted by Crippen LogP contribution is -2.09. The first-order chi connectivity index (χ1) is 16.1. The summed E-state index contributed by atoms with van der Waals surface area (Å²) in [6.45, 7) is 0. The molecule has 3 aromatic carbocycles. The fraction of sp³-hybridized carbons (Fsp3) is 0.0741. The zero-order valence-electron chi connectivity index (χ0n) is 18.5. The highest BCUT2D eigenvalue weighted by Crippen LogP contribution is 2.36. The molecule has 5 rings (SSSR count). The van der Waals surface area contributed by atoms with Crippen molar-refractivity contribution in [3.8, 4) is 22.3 Å². The van der Waals surface area contributed by atoms with Gasteiger partial charge in [0.2, 0.25) is 0 Å². The zero-order valence-corrected chi connectivity index (χ0v) is 18.5. The maximum Gasteiger partial charge on any atom is 0.150 e. The van der Waals surface area contributed by atoms with E-state index in [1.165, 1.54) is 0 Å². The lowest BCUT2D eigenvalue weighted by molar-refractivity contribution is 0.112. The molecule has 2 heterocycles. The number of benzene rings is 3. The van der Waals surface area contributed by atoms with E-state index in [4.69, 9.17) is 0 Å². The molecular formula is C27H23N5O. The molecule has 6 heteroatoms. The van der Waals surface area contributed by atoms with Gasteiger partial charge in [0.05, 0.1) is 12.4 Å².